The molecule has 1 saturated heterocycles. The van der Waals surface area contributed by atoms with Crippen molar-refractivity contribution in [3.05, 3.63) is 49.1 Å². The number of piperidine rings is 1. The van der Waals surface area contributed by atoms with Crippen LogP contribution in [-0.2, 0) is 6.54 Å². The van der Waals surface area contributed by atoms with Crippen LogP contribution >= 0.6 is 0 Å². The summed E-state index contributed by atoms with van der Waals surface area (Å²) in [5, 5.41) is 3.07. The van der Waals surface area contributed by atoms with Crippen LogP contribution in [0, 0.1) is 5.92 Å². The molecule has 1 N–H and O–H groups in total. The van der Waals surface area contributed by atoms with E-state index < -0.39 is 0 Å². The number of rotatable bonds is 6. The fourth-order valence-corrected chi connectivity index (χ4v) is 3.09. The first-order chi connectivity index (χ1) is 12.2. The van der Waals surface area contributed by atoms with E-state index in [-0.39, 0.29) is 12.1 Å². The van der Waals surface area contributed by atoms with E-state index in [1.165, 1.54) is 0 Å². The second-order valence-electron chi connectivity index (χ2n) is 6.66. The monoisotopic (exact) mass is 342 g/mol. The number of aromatic nitrogens is 2. The van der Waals surface area contributed by atoms with Crippen molar-refractivity contribution in [2.24, 2.45) is 5.92 Å². The van der Waals surface area contributed by atoms with Gasteiger partial charge >= 0.3 is 6.03 Å². The molecule has 0 aliphatic carbocycles. The summed E-state index contributed by atoms with van der Waals surface area (Å²) in [6, 6.07) is 9.99. The molecule has 0 radical (unpaired) electrons. The van der Waals surface area contributed by atoms with Crippen LogP contribution in [0.2, 0.25) is 0 Å². The Bertz CT molecular complexity index is 637. The number of hydrogen-bond acceptors (Lipinski definition) is 3. The molecule has 2 aromatic rings. The number of nitrogens with zero attached hydrogens (tertiary/aromatic N) is 3. The van der Waals surface area contributed by atoms with Crippen molar-refractivity contribution in [3.8, 4) is 5.75 Å². The first-order valence-corrected chi connectivity index (χ1v) is 8.90. The number of amides is 2. The number of benzene rings is 1. The molecular weight excluding hydrogens is 316 g/mol. The highest BCUT2D eigenvalue weighted by Crippen LogP contribution is 2.19. The second-order valence-corrected chi connectivity index (χ2v) is 6.66. The van der Waals surface area contributed by atoms with Gasteiger partial charge in [0.1, 0.15) is 5.75 Å². The zero-order valence-corrected chi connectivity index (χ0v) is 14.7. The van der Waals surface area contributed by atoms with Crippen molar-refractivity contribution in [2.75, 3.05) is 19.7 Å². The van der Waals surface area contributed by atoms with Crippen LogP contribution < -0.4 is 10.1 Å². The van der Waals surface area contributed by atoms with Gasteiger partial charge in [0.15, 0.2) is 0 Å². The SMILES string of the molecule is C[C@@H](Cn1ccnc1)NC(=O)N1CCC(COc2ccccc2)CC1. The Hall–Kier alpha value is -2.50. The molecule has 1 aromatic heterocycles. The van der Waals surface area contributed by atoms with Gasteiger partial charge in [0.05, 0.1) is 12.9 Å². The summed E-state index contributed by atoms with van der Waals surface area (Å²) in [6.45, 7) is 5.03. The first kappa shape index (κ1) is 17.3. The molecule has 134 valence electrons. The van der Waals surface area contributed by atoms with Crippen LogP contribution in [-0.4, -0.2) is 46.2 Å². The van der Waals surface area contributed by atoms with Crippen molar-refractivity contribution >= 4 is 6.03 Å². The lowest BCUT2D eigenvalue weighted by Gasteiger charge is -2.32. The van der Waals surface area contributed by atoms with E-state index in [9.17, 15) is 4.79 Å². The maximum Gasteiger partial charge on any atom is 0.317 e. The van der Waals surface area contributed by atoms with Gasteiger partial charge in [-0.15, -0.1) is 0 Å². The van der Waals surface area contributed by atoms with Crippen LogP contribution in [0.25, 0.3) is 0 Å². The third kappa shape index (κ3) is 5.24. The highest BCUT2D eigenvalue weighted by atomic mass is 16.5. The van der Waals surface area contributed by atoms with Crippen LogP contribution in [0.15, 0.2) is 49.1 Å². The van der Waals surface area contributed by atoms with Crippen LogP contribution in [0.3, 0.4) is 0 Å². The fraction of sp³-hybridized carbons (Fsp3) is 0.474. The van der Waals surface area contributed by atoms with Gasteiger partial charge in [-0.25, -0.2) is 9.78 Å². The van der Waals surface area contributed by atoms with Gasteiger partial charge in [-0.3, -0.25) is 0 Å². The average molecular weight is 342 g/mol. The zero-order chi connectivity index (χ0) is 17.5. The van der Waals surface area contributed by atoms with Crippen molar-refractivity contribution < 1.29 is 9.53 Å². The summed E-state index contributed by atoms with van der Waals surface area (Å²) in [6.07, 6.45) is 7.38. The van der Waals surface area contributed by atoms with E-state index in [0.29, 0.717) is 5.92 Å². The Kier molecular flexibility index (Phi) is 5.93. The Morgan fingerprint density at radius 1 is 1.32 bits per heavy atom. The van der Waals surface area contributed by atoms with Gasteiger partial charge in [0.2, 0.25) is 0 Å². The Labute approximate surface area is 148 Å². The topological polar surface area (TPSA) is 59.4 Å². The molecule has 0 unspecified atom stereocenters. The lowest BCUT2D eigenvalue weighted by Crippen LogP contribution is -2.48. The van der Waals surface area contributed by atoms with Gasteiger partial charge in [-0.05, 0) is 37.8 Å². The molecule has 2 amide bonds. The largest absolute Gasteiger partial charge is 0.493 e. The number of carbonyl (C=O) groups is 1. The summed E-state index contributed by atoms with van der Waals surface area (Å²) in [7, 11) is 0. The molecule has 1 aliphatic rings. The standard InChI is InChI=1S/C19H26N4O2/c1-16(13-22-12-9-20-15-22)21-19(24)23-10-7-17(8-11-23)14-25-18-5-3-2-4-6-18/h2-6,9,12,15-17H,7-8,10-11,13-14H2,1H3,(H,21,24)/t16-/m0/s1. The number of hydrogen-bond donors (Lipinski definition) is 1. The number of ether oxygens (including phenoxy) is 1. The molecule has 25 heavy (non-hydrogen) atoms. The van der Waals surface area contributed by atoms with E-state index in [2.05, 4.69) is 10.3 Å². The normalized spacial score (nSPS) is 16.4. The number of likely N-dealkylation sites (tertiary alicyclic amines) is 1. The summed E-state index contributed by atoms with van der Waals surface area (Å²) in [5.41, 5.74) is 0. The first-order valence-electron chi connectivity index (χ1n) is 8.90. The molecule has 1 fully saturated rings. The minimum atomic E-state index is 0.0232. The van der Waals surface area contributed by atoms with E-state index in [4.69, 9.17) is 4.74 Å². The number of nitrogens with one attached hydrogen (secondary N) is 1. The van der Waals surface area contributed by atoms with Crippen LogP contribution in [0.1, 0.15) is 19.8 Å². The van der Waals surface area contributed by atoms with Crippen LogP contribution in [0.4, 0.5) is 4.79 Å². The van der Waals surface area contributed by atoms with Gasteiger partial charge in [0.25, 0.3) is 0 Å². The van der Waals surface area contributed by atoms with Gasteiger partial charge in [-0.2, -0.15) is 0 Å². The highest BCUT2D eigenvalue weighted by molar-refractivity contribution is 5.74. The minimum absolute atomic E-state index is 0.0232. The third-order valence-electron chi connectivity index (χ3n) is 4.54. The third-order valence-corrected chi connectivity index (χ3v) is 4.54. The summed E-state index contributed by atoms with van der Waals surface area (Å²) >= 11 is 0. The molecule has 1 atom stereocenters. The van der Waals surface area contributed by atoms with Gasteiger partial charge < -0.3 is 19.5 Å². The van der Waals surface area contributed by atoms with Gasteiger partial charge in [0, 0.05) is 38.1 Å². The lowest BCUT2D eigenvalue weighted by atomic mass is 9.98. The molecule has 2 heterocycles. The van der Waals surface area contributed by atoms with E-state index in [1.807, 2.05) is 52.9 Å². The van der Waals surface area contributed by atoms with Gasteiger partial charge in [-0.1, -0.05) is 18.2 Å². The second kappa shape index (κ2) is 8.55. The highest BCUT2D eigenvalue weighted by Gasteiger charge is 2.24. The molecular formula is C19H26N4O2. The number of imidazole rings is 1. The van der Waals surface area contributed by atoms with Crippen molar-refractivity contribution in [2.45, 2.75) is 32.4 Å². The lowest BCUT2D eigenvalue weighted by molar-refractivity contribution is 0.143. The molecule has 0 bridgehead atoms. The molecule has 0 spiro atoms. The molecule has 6 nitrogen and oxygen atoms in total. The average Bonchev–Trinajstić information content (AvgIpc) is 3.14. The van der Waals surface area contributed by atoms with E-state index >= 15 is 0 Å². The van der Waals surface area contributed by atoms with Crippen LogP contribution in [0.5, 0.6) is 5.75 Å². The summed E-state index contributed by atoms with van der Waals surface area (Å²) in [5.74, 6) is 1.42. The number of urea groups is 1. The predicted octanol–water partition coefficient (Wildman–Crippen LogP) is 2.77. The van der Waals surface area contributed by atoms with E-state index in [0.717, 1.165) is 44.8 Å². The Morgan fingerprint density at radius 3 is 2.76 bits per heavy atom. The van der Waals surface area contributed by atoms with Crippen molar-refractivity contribution in [3.63, 3.8) is 0 Å². The number of carbonyl (C=O) groups excluding carboxylic acids is 1. The Morgan fingerprint density at radius 2 is 2.08 bits per heavy atom. The maximum absolute atomic E-state index is 12.4. The number of para-hydroxylation sites is 1. The predicted molar refractivity (Wildman–Crippen MR) is 96.5 cm³/mol. The molecule has 1 aromatic carbocycles. The molecule has 1 aliphatic heterocycles. The fourth-order valence-electron chi connectivity index (χ4n) is 3.09. The molecule has 6 heteroatoms. The maximum atomic E-state index is 12.4. The Balaban J connectivity index is 1.37. The molecule has 0 saturated carbocycles. The quantitative estimate of drug-likeness (QED) is 0.878. The van der Waals surface area contributed by atoms with Crippen molar-refractivity contribution in [1.82, 2.24) is 19.8 Å². The summed E-state index contributed by atoms with van der Waals surface area (Å²) in [4.78, 5) is 18.3. The minimum Gasteiger partial charge on any atom is -0.493 e. The molecule has 3 rings (SSSR count). The summed E-state index contributed by atoms with van der Waals surface area (Å²) < 4.78 is 7.81. The zero-order valence-electron chi connectivity index (χ0n) is 14.7. The van der Waals surface area contributed by atoms with E-state index in [1.54, 1.807) is 12.5 Å². The smallest absolute Gasteiger partial charge is 0.317 e. The van der Waals surface area contributed by atoms with Crippen molar-refractivity contribution in [1.29, 1.82) is 0 Å².